The zero-order valence-electron chi connectivity index (χ0n) is 18.3. The van der Waals surface area contributed by atoms with Crippen molar-refractivity contribution in [3.05, 3.63) is 18.5 Å². The van der Waals surface area contributed by atoms with Crippen molar-refractivity contribution in [2.24, 2.45) is 4.99 Å². The molecule has 0 aliphatic carbocycles. The predicted molar refractivity (Wildman–Crippen MR) is 131 cm³/mol. The van der Waals surface area contributed by atoms with Crippen molar-refractivity contribution < 1.29 is 4.79 Å². The number of rotatable bonds is 6. The van der Waals surface area contributed by atoms with Crippen molar-refractivity contribution in [2.45, 2.75) is 25.3 Å². The highest BCUT2D eigenvalue weighted by molar-refractivity contribution is 14.0. The summed E-state index contributed by atoms with van der Waals surface area (Å²) in [6, 6.07) is 1.89. The lowest BCUT2D eigenvalue weighted by Crippen LogP contribution is -2.53. The number of carbonyl (C=O) groups is 1. The van der Waals surface area contributed by atoms with Gasteiger partial charge < -0.3 is 20.0 Å². The van der Waals surface area contributed by atoms with Crippen molar-refractivity contribution in [2.75, 3.05) is 71.9 Å². The van der Waals surface area contributed by atoms with Crippen LogP contribution in [0, 0.1) is 0 Å². The van der Waals surface area contributed by atoms with Gasteiger partial charge in [0.15, 0.2) is 5.96 Å². The Kier molecular flexibility index (Phi) is 10.0. The quantitative estimate of drug-likeness (QED) is 0.252. The maximum absolute atomic E-state index is 12.3. The Hall–Kier alpha value is -1.69. The molecule has 0 aromatic carbocycles. The van der Waals surface area contributed by atoms with Crippen LogP contribution in [-0.4, -0.2) is 110 Å². The highest BCUT2D eigenvalue weighted by Crippen LogP contribution is 2.18. The van der Waals surface area contributed by atoms with E-state index in [0.717, 1.165) is 77.0 Å². The summed E-state index contributed by atoms with van der Waals surface area (Å²) in [5.74, 6) is 1.97. The monoisotopic (exact) mass is 530 g/mol. The number of aliphatic imine (C=N–C) groups is 1. The number of hydrogen-bond acceptors (Lipinski definition) is 6. The molecule has 3 rings (SSSR count). The summed E-state index contributed by atoms with van der Waals surface area (Å²) in [5, 5.41) is 3.49. The Balaban J connectivity index is 0.00000320. The number of piperazine rings is 1. The zero-order valence-corrected chi connectivity index (χ0v) is 20.7. The van der Waals surface area contributed by atoms with Gasteiger partial charge in [-0.15, -0.1) is 24.0 Å². The van der Waals surface area contributed by atoms with Crippen LogP contribution in [0.1, 0.15) is 19.3 Å². The van der Waals surface area contributed by atoms with Crippen LogP contribution in [-0.2, 0) is 4.79 Å². The van der Waals surface area contributed by atoms with Crippen LogP contribution in [0.2, 0.25) is 0 Å². The predicted octanol–water partition coefficient (Wildman–Crippen LogP) is 0.735. The number of nitrogens with zero attached hydrogens (tertiary/aromatic N) is 7. The first-order valence-electron chi connectivity index (χ1n) is 10.5. The molecule has 1 unspecified atom stereocenters. The molecular weight excluding hydrogens is 495 g/mol. The molecule has 0 bridgehead atoms. The van der Waals surface area contributed by atoms with Crippen LogP contribution in [0.15, 0.2) is 23.5 Å². The van der Waals surface area contributed by atoms with Crippen molar-refractivity contribution in [1.82, 2.24) is 30.0 Å². The molecule has 0 saturated carbocycles. The molecular formula is C20H35IN8O. The van der Waals surface area contributed by atoms with Gasteiger partial charge in [-0.05, 0) is 31.9 Å². The fraction of sp³-hybridized carbons (Fsp3) is 0.700. The van der Waals surface area contributed by atoms with Crippen LogP contribution in [0.25, 0.3) is 0 Å². The van der Waals surface area contributed by atoms with Crippen molar-refractivity contribution in [1.29, 1.82) is 0 Å². The zero-order chi connectivity index (χ0) is 20.6. The normalized spacial score (nSPS) is 20.1. The van der Waals surface area contributed by atoms with Gasteiger partial charge in [0.05, 0.1) is 6.04 Å². The average Bonchev–Trinajstić information content (AvgIpc) is 3.22. The number of halogens is 1. The second-order valence-corrected chi connectivity index (χ2v) is 7.78. The molecule has 9 nitrogen and oxygen atoms in total. The number of amides is 1. The minimum atomic E-state index is 0. The van der Waals surface area contributed by atoms with Gasteiger partial charge in [0, 0.05) is 72.8 Å². The molecule has 3 heterocycles. The van der Waals surface area contributed by atoms with Crippen molar-refractivity contribution in [3.63, 3.8) is 0 Å². The number of carbonyl (C=O) groups excluding carboxylic acids is 1. The molecule has 0 spiro atoms. The number of guanidine groups is 1. The molecule has 1 aromatic rings. The summed E-state index contributed by atoms with van der Waals surface area (Å²) in [7, 11) is 5.52. The summed E-state index contributed by atoms with van der Waals surface area (Å²) in [4.78, 5) is 34.0. The average molecular weight is 530 g/mol. The van der Waals surface area contributed by atoms with Gasteiger partial charge in [0.1, 0.15) is 0 Å². The van der Waals surface area contributed by atoms with Gasteiger partial charge in [-0.2, -0.15) is 0 Å². The molecule has 168 valence electrons. The lowest BCUT2D eigenvalue weighted by Gasteiger charge is -2.36. The first kappa shape index (κ1) is 24.6. The Bertz CT molecular complexity index is 679. The number of nitrogens with one attached hydrogen (secondary N) is 1. The van der Waals surface area contributed by atoms with Gasteiger partial charge in [0.25, 0.3) is 0 Å². The Morgan fingerprint density at radius 1 is 1.20 bits per heavy atom. The van der Waals surface area contributed by atoms with Crippen molar-refractivity contribution in [3.8, 4) is 0 Å². The molecule has 2 saturated heterocycles. The largest absolute Gasteiger partial charge is 0.356 e. The number of aromatic nitrogens is 2. The molecule has 1 N–H and O–H groups in total. The maximum Gasteiger partial charge on any atom is 0.239 e. The number of likely N-dealkylation sites (tertiary alicyclic amines) is 1. The SMILES string of the molecule is CN=C(NCCCN1CCCC1C(=O)N(C)C)N1CCN(c2ncccn2)CC1.I. The second-order valence-electron chi connectivity index (χ2n) is 7.78. The van der Waals surface area contributed by atoms with E-state index in [1.165, 1.54) is 0 Å². The summed E-state index contributed by atoms with van der Waals surface area (Å²) >= 11 is 0. The van der Waals surface area contributed by atoms with E-state index in [0.29, 0.717) is 0 Å². The van der Waals surface area contributed by atoms with Crippen LogP contribution in [0.4, 0.5) is 5.95 Å². The van der Waals surface area contributed by atoms with E-state index in [1.807, 2.05) is 27.2 Å². The molecule has 10 heteroatoms. The second kappa shape index (κ2) is 12.2. The van der Waals surface area contributed by atoms with Crippen LogP contribution < -0.4 is 10.2 Å². The molecule has 2 aliphatic rings. The topological polar surface area (TPSA) is 80.2 Å². The third-order valence-electron chi connectivity index (χ3n) is 5.62. The highest BCUT2D eigenvalue weighted by Gasteiger charge is 2.31. The number of hydrogen-bond donors (Lipinski definition) is 1. The third kappa shape index (κ3) is 6.40. The van der Waals surface area contributed by atoms with Crippen LogP contribution in [0.5, 0.6) is 0 Å². The third-order valence-corrected chi connectivity index (χ3v) is 5.62. The van der Waals surface area contributed by atoms with Crippen molar-refractivity contribution >= 4 is 41.8 Å². The van der Waals surface area contributed by atoms with Gasteiger partial charge in [-0.1, -0.05) is 0 Å². The highest BCUT2D eigenvalue weighted by atomic mass is 127. The molecule has 1 amide bonds. The minimum Gasteiger partial charge on any atom is -0.356 e. The summed E-state index contributed by atoms with van der Waals surface area (Å²) in [5.41, 5.74) is 0. The fourth-order valence-corrected chi connectivity index (χ4v) is 4.06. The van der Waals surface area contributed by atoms with Crippen LogP contribution in [0.3, 0.4) is 0 Å². The first-order valence-corrected chi connectivity index (χ1v) is 10.5. The number of likely N-dealkylation sites (N-methyl/N-ethyl adjacent to an activating group) is 1. The molecule has 1 atom stereocenters. The molecule has 2 aliphatic heterocycles. The van der Waals surface area contributed by atoms with E-state index < -0.39 is 0 Å². The summed E-state index contributed by atoms with van der Waals surface area (Å²) in [6.45, 7) is 6.36. The number of anilines is 1. The van der Waals surface area contributed by atoms with Gasteiger partial charge in [-0.25, -0.2) is 9.97 Å². The lowest BCUT2D eigenvalue weighted by molar-refractivity contribution is -0.133. The summed E-state index contributed by atoms with van der Waals surface area (Å²) < 4.78 is 0. The molecule has 2 fully saturated rings. The van der Waals surface area contributed by atoms with E-state index in [-0.39, 0.29) is 35.9 Å². The minimum absolute atomic E-state index is 0. The van der Waals surface area contributed by atoms with Gasteiger partial charge in [-0.3, -0.25) is 14.7 Å². The van der Waals surface area contributed by atoms with Gasteiger partial charge in [0.2, 0.25) is 11.9 Å². The molecule has 1 aromatic heterocycles. The molecule has 30 heavy (non-hydrogen) atoms. The Morgan fingerprint density at radius 3 is 2.53 bits per heavy atom. The van der Waals surface area contributed by atoms with Gasteiger partial charge >= 0.3 is 0 Å². The van der Waals surface area contributed by atoms with E-state index in [1.54, 1.807) is 17.3 Å². The lowest BCUT2D eigenvalue weighted by atomic mass is 10.2. The van der Waals surface area contributed by atoms with Crippen LogP contribution >= 0.6 is 24.0 Å². The first-order chi connectivity index (χ1) is 14.1. The van der Waals surface area contributed by atoms with E-state index in [2.05, 4.69) is 35.0 Å². The van der Waals surface area contributed by atoms with E-state index in [9.17, 15) is 4.79 Å². The van der Waals surface area contributed by atoms with E-state index >= 15 is 0 Å². The molecule has 0 radical (unpaired) electrons. The smallest absolute Gasteiger partial charge is 0.239 e. The van der Waals surface area contributed by atoms with E-state index in [4.69, 9.17) is 0 Å². The maximum atomic E-state index is 12.3. The standard InChI is InChI=1S/C20H34N8O.HI/c1-21-19(27-13-15-28(16-14-27)20-23-8-5-9-24-20)22-10-6-12-26-11-4-7-17(26)18(29)25(2)3;/h5,8-9,17H,4,6-7,10-16H2,1-3H3,(H,21,22);1H. The fourth-order valence-electron chi connectivity index (χ4n) is 4.06. The Labute approximate surface area is 196 Å². The summed E-state index contributed by atoms with van der Waals surface area (Å²) in [6.07, 6.45) is 6.64. The Morgan fingerprint density at radius 2 is 1.90 bits per heavy atom.